The normalized spacial score (nSPS) is 10.6. The van der Waals surface area contributed by atoms with E-state index in [0.29, 0.717) is 16.9 Å². The summed E-state index contributed by atoms with van der Waals surface area (Å²) in [5.41, 5.74) is 0.205. The van der Waals surface area contributed by atoms with Gasteiger partial charge in [-0.2, -0.15) is 5.26 Å². The van der Waals surface area contributed by atoms with E-state index < -0.39 is 17.2 Å². The van der Waals surface area contributed by atoms with Crippen LogP contribution in [0.1, 0.15) is 19.4 Å². The van der Waals surface area contributed by atoms with Gasteiger partial charge in [0.1, 0.15) is 5.41 Å². The Morgan fingerprint density at radius 2 is 1.71 bits per heavy atom. The van der Waals surface area contributed by atoms with Crippen LogP contribution < -0.4 is 10.6 Å². The van der Waals surface area contributed by atoms with Gasteiger partial charge in [0.05, 0.1) is 17.3 Å². The van der Waals surface area contributed by atoms with Gasteiger partial charge in [0.25, 0.3) is 0 Å². The molecule has 24 heavy (non-hydrogen) atoms. The number of rotatable bonds is 4. The standard InChI is InChI=1S/C18H16BrN3O2/c1-18(2,17(24)22-15-9-4-3-8-14(15)19)16(23)21-13-7-5-6-12(10-13)11-20/h3-10H,1-2H3,(H,21,23)(H,22,24). The largest absolute Gasteiger partial charge is 0.325 e. The third-order valence-corrected chi connectivity index (χ3v) is 4.20. The van der Waals surface area contributed by atoms with E-state index in [-0.39, 0.29) is 0 Å². The Bertz CT molecular complexity index is 825. The van der Waals surface area contributed by atoms with Crippen molar-refractivity contribution < 1.29 is 9.59 Å². The first-order valence-corrected chi connectivity index (χ1v) is 8.01. The summed E-state index contributed by atoms with van der Waals surface area (Å²) >= 11 is 3.35. The van der Waals surface area contributed by atoms with Crippen LogP contribution in [0, 0.1) is 16.7 Å². The van der Waals surface area contributed by atoms with E-state index in [2.05, 4.69) is 26.6 Å². The molecule has 0 aromatic heterocycles. The topological polar surface area (TPSA) is 82.0 Å². The molecule has 2 N–H and O–H groups in total. The molecule has 0 spiro atoms. The van der Waals surface area contributed by atoms with E-state index in [0.717, 1.165) is 4.47 Å². The number of hydrogen-bond donors (Lipinski definition) is 2. The number of hydrogen-bond acceptors (Lipinski definition) is 3. The molecule has 2 aromatic rings. The highest BCUT2D eigenvalue weighted by Gasteiger charge is 2.36. The van der Waals surface area contributed by atoms with Crippen molar-refractivity contribution in [3.63, 3.8) is 0 Å². The van der Waals surface area contributed by atoms with Gasteiger partial charge in [-0.15, -0.1) is 0 Å². The molecule has 5 nitrogen and oxygen atoms in total. The lowest BCUT2D eigenvalue weighted by Crippen LogP contribution is -2.41. The average molecular weight is 386 g/mol. The maximum Gasteiger partial charge on any atom is 0.239 e. The number of halogens is 1. The number of para-hydroxylation sites is 1. The monoisotopic (exact) mass is 385 g/mol. The summed E-state index contributed by atoms with van der Waals surface area (Å²) in [5.74, 6) is -0.884. The van der Waals surface area contributed by atoms with Gasteiger partial charge in [-0.3, -0.25) is 9.59 Å². The molecule has 0 saturated heterocycles. The number of nitriles is 1. The third kappa shape index (κ3) is 4.00. The first-order chi connectivity index (χ1) is 11.3. The molecule has 2 amide bonds. The summed E-state index contributed by atoms with van der Waals surface area (Å²) in [6, 6.07) is 15.7. The summed E-state index contributed by atoms with van der Waals surface area (Å²) in [5, 5.41) is 14.3. The zero-order chi connectivity index (χ0) is 17.7. The molecular formula is C18H16BrN3O2. The van der Waals surface area contributed by atoms with Crippen LogP contribution in [0.4, 0.5) is 11.4 Å². The highest BCUT2D eigenvalue weighted by atomic mass is 79.9. The van der Waals surface area contributed by atoms with Gasteiger partial charge in [-0.05, 0) is 60.1 Å². The molecule has 0 fully saturated rings. The molecule has 0 heterocycles. The maximum absolute atomic E-state index is 12.5. The lowest BCUT2D eigenvalue weighted by atomic mass is 9.90. The molecule has 122 valence electrons. The molecule has 0 unspecified atom stereocenters. The smallest absolute Gasteiger partial charge is 0.239 e. The zero-order valence-electron chi connectivity index (χ0n) is 13.3. The van der Waals surface area contributed by atoms with Crippen molar-refractivity contribution >= 4 is 39.1 Å². The van der Waals surface area contributed by atoms with Crippen LogP contribution in [-0.2, 0) is 9.59 Å². The Morgan fingerprint density at radius 1 is 1.04 bits per heavy atom. The average Bonchev–Trinajstić information content (AvgIpc) is 2.57. The van der Waals surface area contributed by atoms with Crippen LogP contribution in [-0.4, -0.2) is 11.8 Å². The minimum absolute atomic E-state index is 0.427. The molecule has 0 aliphatic heterocycles. The minimum atomic E-state index is -1.29. The molecule has 2 rings (SSSR count). The Kier molecular flexibility index (Phi) is 5.37. The van der Waals surface area contributed by atoms with Crippen LogP contribution in [0.3, 0.4) is 0 Å². The number of nitrogens with one attached hydrogen (secondary N) is 2. The molecule has 0 bridgehead atoms. The fourth-order valence-electron chi connectivity index (χ4n) is 1.90. The SMILES string of the molecule is CC(C)(C(=O)Nc1cccc(C#N)c1)C(=O)Nc1ccccc1Br. The predicted octanol–water partition coefficient (Wildman–Crippen LogP) is 3.92. The molecule has 2 aromatic carbocycles. The van der Waals surface area contributed by atoms with Gasteiger partial charge in [-0.25, -0.2) is 0 Å². The van der Waals surface area contributed by atoms with Crippen LogP contribution in [0.5, 0.6) is 0 Å². The summed E-state index contributed by atoms with van der Waals surface area (Å²) in [7, 11) is 0. The number of carbonyl (C=O) groups excluding carboxylic acids is 2. The predicted molar refractivity (Wildman–Crippen MR) is 96.3 cm³/mol. The lowest BCUT2D eigenvalue weighted by molar-refractivity contribution is -0.135. The van der Waals surface area contributed by atoms with Crippen molar-refractivity contribution in [2.45, 2.75) is 13.8 Å². The minimum Gasteiger partial charge on any atom is -0.325 e. The molecule has 0 saturated carbocycles. The Hall–Kier alpha value is -2.65. The van der Waals surface area contributed by atoms with Gasteiger partial charge in [0, 0.05) is 10.2 Å². The molecule has 0 radical (unpaired) electrons. The van der Waals surface area contributed by atoms with Crippen molar-refractivity contribution in [2.24, 2.45) is 5.41 Å². The summed E-state index contributed by atoms with van der Waals surface area (Å²) in [6.45, 7) is 3.09. The molecular weight excluding hydrogens is 370 g/mol. The summed E-state index contributed by atoms with van der Waals surface area (Å²) in [6.07, 6.45) is 0. The van der Waals surface area contributed by atoms with Crippen molar-refractivity contribution in [1.82, 2.24) is 0 Å². The number of anilines is 2. The van der Waals surface area contributed by atoms with Gasteiger partial charge in [0.15, 0.2) is 0 Å². The summed E-state index contributed by atoms with van der Waals surface area (Å²) < 4.78 is 0.733. The van der Waals surface area contributed by atoms with Gasteiger partial charge in [-0.1, -0.05) is 18.2 Å². The Balaban J connectivity index is 2.13. The van der Waals surface area contributed by atoms with Crippen LogP contribution in [0.25, 0.3) is 0 Å². The molecule has 0 aliphatic carbocycles. The summed E-state index contributed by atoms with van der Waals surface area (Å²) in [4.78, 5) is 25.0. The van der Waals surface area contributed by atoms with Crippen molar-refractivity contribution in [1.29, 1.82) is 5.26 Å². The molecule has 6 heteroatoms. The van der Waals surface area contributed by atoms with E-state index in [1.165, 1.54) is 0 Å². The lowest BCUT2D eigenvalue weighted by Gasteiger charge is -2.23. The molecule has 0 atom stereocenters. The number of carbonyl (C=O) groups is 2. The maximum atomic E-state index is 12.5. The van der Waals surface area contributed by atoms with Crippen molar-refractivity contribution in [3.8, 4) is 6.07 Å². The number of amides is 2. The van der Waals surface area contributed by atoms with Gasteiger partial charge in [0.2, 0.25) is 11.8 Å². The van der Waals surface area contributed by atoms with Gasteiger partial charge >= 0.3 is 0 Å². The highest BCUT2D eigenvalue weighted by Crippen LogP contribution is 2.26. The van der Waals surface area contributed by atoms with E-state index in [9.17, 15) is 9.59 Å². The second-order valence-corrected chi connectivity index (χ2v) is 6.56. The van der Waals surface area contributed by atoms with Crippen LogP contribution in [0.2, 0.25) is 0 Å². The second-order valence-electron chi connectivity index (χ2n) is 5.71. The number of benzene rings is 2. The third-order valence-electron chi connectivity index (χ3n) is 3.51. The Labute approximate surface area is 148 Å². The highest BCUT2D eigenvalue weighted by molar-refractivity contribution is 9.10. The van der Waals surface area contributed by atoms with E-state index in [4.69, 9.17) is 5.26 Å². The zero-order valence-corrected chi connectivity index (χ0v) is 14.8. The van der Waals surface area contributed by atoms with Gasteiger partial charge < -0.3 is 10.6 Å². The quantitative estimate of drug-likeness (QED) is 0.782. The fraction of sp³-hybridized carbons (Fsp3) is 0.167. The first-order valence-electron chi connectivity index (χ1n) is 7.22. The first kappa shape index (κ1) is 17.7. The van der Waals surface area contributed by atoms with Crippen molar-refractivity contribution in [2.75, 3.05) is 10.6 Å². The van der Waals surface area contributed by atoms with Crippen molar-refractivity contribution in [3.05, 3.63) is 58.6 Å². The Morgan fingerprint density at radius 3 is 2.38 bits per heavy atom. The molecule has 0 aliphatic rings. The fourth-order valence-corrected chi connectivity index (χ4v) is 2.28. The van der Waals surface area contributed by atoms with E-state index in [1.54, 1.807) is 56.3 Å². The second kappa shape index (κ2) is 7.28. The van der Waals surface area contributed by atoms with Crippen LogP contribution in [0.15, 0.2) is 53.0 Å². The van der Waals surface area contributed by atoms with Crippen LogP contribution >= 0.6 is 15.9 Å². The van der Waals surface area contributed by atoms with E-state index in [1.807, 2.05) is 12.1 Å². The van der Waals surface area contributed by atoms with E-state index >= 15 is 0 Å². The number of nitrogens with zero attached hydrogens (tertiary/aromatic N) is 1.